The minimum Gasteiger partial charge on any atom is -0.480 e. The average Bonchev–Trinajstić information content (AvgIpc) is 3.22. The molecule has 0 unspecified atom stereocenters. The SMILES string of the molecule is COC(=O)N1[C@H](C(=O)O)C[C@@H]2c3ccccc3N(S(=O)(=O)c3ccc(C)cc3)[C@@H]21. The molecule has 2 heterocycles. The number of carboxylic acids is 1. The van der Waals surface area contributed by atoms with Gasteiger partial charge in [0.25, 0.3) is 10.0 Å². The van der Waals surface area contributed by atoms with Gasteiger partial charge in [0.2, 0.25) is 0 Å². The molecule has 9 heteroatoms. The Morgan fingerprint density at radius 1 is 1.10 bits per heavy atom. The molecule has 1 fully saturated rings. The first kappa shape index (κ1) is 19.3. The molecule has 0 aromatic heterocycles. The fourth-order valence-corrected chi connectivity index (χ4v) is 5.88. The van der Waals surface area contributed by atoms with Crippen LogP contribution in [0.2, 0.25) is 0 Å². The van der Waals surface area contributed by atoms with Gasteiger partial charge in [-0.2, -0.15) is 0 Å². The monoisotopic (exact) mass is 416 g/mol. The number of amides is 1. The number of carboxylic acid groups (broad SMARTS) is 1. The minimum absolute atomic E-state index is 0.0714. The number of rotatable bonds is 3. The molecule has 2 aliphatic heterocycles. The Morgan fingerprint density at radius 2 is 1.76 bits per heavy atom. The van der Waals surface area contributed by atoms with Crippen molar-refractivity contribution in [2.75, 3.05) is 11.4 Å². The first-order chi connectivity index (χ1) is 13.8. The van der Waals surface area contributed by atoms with Crippen LogP contribution in [-0.2, 0) is 19.6 Å². The number of hydrogen-bond acceptors (Lipinski definition) is 5. The lowest BCUT2D eigenvalue weighted by molar-refractivity contribution is -0.142. The van der Waals surface area contributed by atoms with E-state index in [2.05, 4.69) is 0 Å². The molecule has 0 radical (unpaired) electrons. The summed E-state index contributed by atoms with van der Waals surface area (Å²) in [6.45, 7) is 1.85. The third kappa shape index (κ3) is 2.84. The maximum absolute atomic E-state index is 13.6. The fourth-order valence-electron chi connectivity index (χ4n) is 4.22. The van der Waals surface area contributed by atoms with E-state index in [-0.39, 0.29) is 11.3 Å². The van der Waals surface area contributed by atoms with Crippen molar-refractivity contribution >= 4 is 27.8 Å². The second-order valence-corrected chi connectivity index (χ2v) is 8.97. The van der Waals surface area contributed by atoms with Crippen molar-refractivity contribution in [1.29, 1.82) is 0 Å². The standard InChI is InChI=1S/C20H20N2O6S/c1-12-7-9-13(10-8-12)29(26,27)22-16-6-4-3-5-14(16)15-11-17(19(23)24)21(18(15)22)20(25)28-2/h3-10,15,17-18H,11H2,1-2H3,(H,23,24)/t15-,17+,18+/m1/s1. The van der Waals surface area contributed by atoms with Crippen molar-refractivity contribution in [3.8, 4) is 0 Å². The number of ether oxygens (including phenoxy) is 1. The van der Waals surface area contributed by atoms with Gasteiger partial charge in [0.05, 0.1) is 17.7 Å². The van der Waals surface area contributed by atoms with Gasteiger partial charge in [-0.05, 0) is 37.1 Å². The van der Waals surface area contributed by atoms with Crippen molar-refractivity contribution in [3.05, 3.63) is 59.7 Å². The van der Waals surface area contributed by atoms with Crippen LogP contribution in [0.4, 0.5) is 10.5 Å². The fraction of sp³-hybridized carbons (Fsp3) is 0.300. The number of aliphatic carboxylic acids is 1. The summed E-state index contributed by atoms with van der Waals surface area (Å²) in [7, 11) is -2.91. The predicted molar refractivity (Wildman–Crippen MR) is 104 cm³/mol. The molecule has 1 N–H and O–H groups in total. The molecule has 0 saturated carbocycles. The highest BCUT2D eigenvalue weighted by atomic mass is 32.2. The van der Waals surface area contributed by atoms with Crippen molar-refractivity contribution < 1.29 is 27.9 Å². The molecule has 152 valence electrons. The van der Waals surface area contributed by atoms with E-state index in [1.807, 2.05) is 6.92 Å². The van der Waals surface area contributed by atoms with Gasteiger partial charge >= 0.3 is 12.1 Å². The largest absolute Gasteiger partial charge is 0.480 e. The lowest BCUT2D eigenvalue weighted by Crippen LogP contribution is -2.53. The van der Waals surface area contributed by atoms with Crippen LogP contribution in [0.25, 0.3) is 0 Å². The number of carbonyl (C=O) groups excluding carboxylic acids is 1. The second kappa shape index (κ2) is 6.77. The lowest BCUT2D eigenvalue weighted by Gasteiger charge is -2.34. The summed E-state index contributed by atoms with van der Waals surface area (Å²) in [6.07, 6.45) is -1.78. The number of hydrogen-bond donors (Lipinski definition) is 1. The molecule has 2 aliphatic rings. The summed E-state index contributed by atoms with van der Waals surface area (Å²) in [4.78, 5) is 25.4. The number of benzene rings is 2. The molecule has 8 nitrogen and oxygen atoms in total. The zero-order chi connectivity index (χ0) is 20.9. The summed E-state index contributed by atoms with van der Waals surface area (Å²) in [5, 5.41) is 9.65. The van der Waals surface area contributed by atoms with Gasteiger partial charge in [-0.15, -0.1) is 0 Å². The Kier molecular flexibility index (Phi) is 4.49. The number of anilines is 1. The predicted octanol–water partition coefficient (Wildman–Crippen LogP) is 2.54. The average molecular weight is 416 g/mol. The van der Waals surface area contributed by atoms with Gasteiger partial charge in [-0.1, -0.05) is 35.9 Å². The Hall–Kier alpha value is -3.07. The third-order valence-corrected chi connectivity index (χ3v) is 7.32. The van der Waals surface area contributed by atoms with Crippen LogP contribution >= 0.6 is 0 Å². The van der Waals surface area contributed by atoms with Crippen molar-refractivity contribution in [2.45, 2.75) is 36.4 Å². The number of sulfonamides is 1. The lowest BCUT2D eigenvalue weighted by atomic mass is 9.96. The molecule has 2 aromatic carbocycles. The highest BCUT2D eigenvalue weighted by Crippen LogP contribution is 2.51. The first-order valence-electron chi connectivity index (χ1n) is 9.06. The van der Waals surface area contributed by atoms with Crippen LogP contribution in [0.1, 0.15) is 23.5 Å². The van der Waals surface area contributed by atoms with E-state index in [1.165, 1.54) is 12.1 Å². The van der Waals surface area contributed by atoms with Gasteiger partial charge in [-0.3, -0.25) is 4.90 Å². The zero-order valence-electron chi connectivity index (χ0n) is 15.8. The minimum atomic E-state index is -4.06. The van der Waals surface area contributed by atoms with Gasteiger partial charge in [-0.25, -0.2) is 22.3 Å². The maximum Gasteiger partial charge on any atom is 0.411 e. The van der Waals surface area contributed by atoms with Crippen LogP contribution in [0.15, 0.2) is 53.4 Å². The molecule has 0 spiro atoms. The van der Waals surface area contributed by atoms with Gasteiger partial charge < -0.3 is 9.84 Å². The topological polar surface area (TPSA) is 104 Å². The number of carbonyl (C=O) groups is 2. The molecule has 1 saturated heterocycles. The van der Waals surface area contributed by atoms with Crippen LogP contribution in [0, 0.1) is 6.92 Å². The van der Waals surface area contributed by atoms with Crippen molar-refractivity contribution in [1.82, 2.24) is 4.90 Å². The number of aryl methyl sites for hydroxylation is 1. The van der Waals surface area contributed by atoms with Crippen LogP contribution < -0.4 is 4.31 Å². The number of nitrogens with zero attached hydrogens (tertiary/aromatic N) is 2. The molecule has 29 heavy (non-hydrogen) atoms. The summed E-state index contributed by atoms with van der Waals surface area (Å²) in [5.74, 6) is -1.67. The van der Waals surface area contributed by atoms with Crippen LogP contribution in [0.5, 0.6) is 0 Å². The molecule has 2 aromatic rings. The zero-order valence-corrected chi connectivity index (χ0v) is 16.7. The molecular formula is C20H20N2O6S. The Bertz CT molecular complexity index is 1080. The van der Waals surface area contributed by atoms with E-state index in [1.54, 1.807) is 36.4 Å². The molecule has 1 amide bonds. The van der Waals surface area contributed by atoms with E-state index in [4.69, 9.17) is 4.74 Å². The maximum atomic E-state index is 13.6. The highest BCUT2D eigenvalue weighted by molar-refractivity contribution is 7.92. The first-order valence-corrected chi connectivity index (χ1v) is 10.5. The highest BCUT2D eigenvalue weighted by Gasteiger charge is 2.58. The van der Waals surface area contributed by atoms with E-state index in [9.17, 15) is 23.1 Å². The number of fused-ring (bicyclic) bond motifs is 3. The van der Waals surface area contributed by atoms with Crippen molar-refractivity contribution in [2.24, 2.45) is 0 Å². The Balaban J connectivity index is 1.90. The van der Waals surface area contributed by atoms with E-state index in [0.29, 0.717) is 11.3 Å². The normalized spacial score (nSPS) is 22.9. The number of likely N-dealkylation sites (tertiary alicyclic amines) is 1. The number of para-hydroxylation sites is 1. The summed E-state index contributed by atoms with van der Waals surface area (Å²) < 4.78 is 33.1. The van der Waals surface area contributed by atoms with Gasteiger partial charge in [0.15, 0.2) is 0 Å². The van der Waals surface area contributed by atoms with Crippen LogP contribution in [-0.4, -0.2) is 49.8 Å². The van der Waals surface area contributed by atoms with Crippen LogP contribution in [0.3, 0.4) is 0 Å². The Morgan fingerprint density at radius 3 is 2.38 bits per heavy atom. The summed E-state index contributed by atoms with van der Waals surface area (Å²) in [5.41, 5.74) is 2.05. The molecular weight excluding hydrogens is 396 g/mol. The summed E-state index contributed by atoms with van der Waals surface area (Å²) in [6, 6.07) is 12.2. The smallest absolute Gasteiger partial charge is 0.411 e. The quantitative estimate of drug-likeness (QED) is 0.825. The van der Waals surface area contributed by atoms with Gasteiger partial charge in [0.1, 0.15) is 12.2 Å². The van der Waals surface area contributed by atoms with Gasteiger partial charge in [0, 0.05) is 5.92 Å². The van der Waals surface area contributed by atoms with Crippen molar-refractivity contribution in [3.63, 3.8) is 0 Å². The molecule has 0 aliphatic carbocycles. The molecule has 4 rings (SSSR count). The second-order valence-electron chi connectivity index (χ2n) is 7.16. The molecule has 0 bridgehead atoms. The molecule has 3 atom stereocenters. The number of methoxy groups -OCH3 is 1. The van der Waals surface area contributed by atoms with E-state index in [0.717, 1.165) is 21.9 Å². The Labute approximate surface area is 168 Å². The van der Waals surface area contributed by atoms with E-state index < -0.39 is 40.2 Å². The van der Waals surface area contributed by atoms with E-state index >= 15 is 0 Å². The summed E-state index contributed by atoms with van der Waals surface area (Å²) >= 11 is 0. The third-order valence-electron chi connectivity index (χ3n) is 5.52.